The van der Waals surface area contributed by atoms with Gasteiger partial charge in [-0.2, -0.15) is 0 Å². The number of halogens is 1. The molecule has 1 heterocycles. The number of guanidine groups is 1. The maximum atomic E-state index is 5.40. The van der Waals surface area contributed by atoms with Crippen LogP contribution in [0.4, 0.5) is 0 Å². The van der Waals surface area contributed by atoms with Crippen LogP contribution in [0.15, 0.2) is 29.5 Å². The second kappa shape index (κ2) is 10.7. The minimum Gasteiger partial charge on any atom is -0.497 e. The van der Waals surface area contributed by atoms with Gasteiger partial charge in [0.2, 0.25) is 0 Å². The van der Waals surface area contributed by atoms with Crippen molar-refractivity contribution in [2.24, 2.45) is 4.99 Å². The third-order valence-electron chi connectivity index (χ3n) is 3.61. The Balaban J connectivity index is 0.00000312. The van der Waals surface area contributed by atoms with Crippen molar-refractivity contribution < 1.29 is 9.47 Å². The molecular weight excluding hydrogens is 435 g/mol. The van der Waals surface area contributed by atoms with E-state index in [4.69, 9.17) is 9.47 Å². The molecule has 0 aliphatic heterocycles. The molecule has 0 bridgehead atoms. The molecule has 2 N–H and O–H groups in total. The third kappa shape index (κ3) is 5.76. The van der Waals surface area contributed by atoms with Gasteiger partial charge in [-0.3, -0.25) is 4.99 Å². The van der Waals surface area contributed by atoms with E-state index in [1.807, 2.05) is 22.8 Å². The average Bonchev–Trinajstić information content (AvgIpc) is 3.09. The van der Waals surface area contributed by atoms with Crippen LogP contribution in [0.3, 0.4) is 0 Å². The van der Waals surface area contributed by atoms with E-state index in [0.29, 0.717) is 19.0 Å². The fourth-order valence-electron chi connectivity index (χ4n) is 2.24. The summed E-state index contributed by atoms with van der Waals surface area (Å²) >= 11 is 0. The predicted molar refractivity (Wildman–Crippen MR) is 108 cm³/mol. The van der Waals surface area contributed by atoms with Crippen molar-refractivity contribution in [3.63, 3.8) is 0 Å². The van der Waals surface area contributed by atoms with Crippen molar-refractivity contribution in [3.8, 4) is 11.5 Å². The minimum absolute atomic E-state index is 0. The smallest absolute Gasteiger partial charge is 0.191 e. The predicted octanol–water partition coefficient (Wildman–Crippen LogP) is 1.80. The lowest BCUT2D eigenvalue weighted by Crippen LogP contribution is -2.37. The Labute approximate surface area is 165 Å². The topological polar surface area (TPSA) is 85.6 Å². The highest BCUT2D eigenvalue weighted by Gasteiger charge is 2.07. The van der Waals surface area contributed by atoms with Gasteiger partial charge in [-0.25, -0.2) is 0 Å². The Morgan fingerprint density at radius 1 is 1.20 bits per heavy atom. The normalized spacial score (nSPS) is 10.8. The average molecular weight is 460 g/mol. The van der Waals surface area contributed by atoms with E-state index < -0.39 is 0 Å². The molecule has 0 saturated heterocycles. The van der Waals surface area contributed by atoms with Gasteiger partial charge in [0, 0.05) is 31.8 Å². The van der Waals surface area contributed by atoms with Gasteiger partial charge in [-0.1, -0.05) is 0 Å². The van der Waals surface area contributed by atoms with Crippen molar-refractivity contribution in [2.45, 2.75) is 26.6 Å². The Morgan fingerprint density at radius 3 is 2.60 bits per heavy atom. The fourth-order valence-corrected chi connectivity index (χ4v) is 2.24. The number of ether oxygens (including phenoxy) is 2. The summed E-state index contributed by atoms with van der Waals surface area (Å²) in [5.74, 6) is 3.07. The zero-order chi connectivity index (χ0) is 17.4. The summed E-state index contributed by atoms with van der Waals surface area (Å²) in [7, 11) is 5.00. The molecule has 0 saturated carbocycles. The fraction of sp³-hybridized carbons (Fsp3) is 0.438. The van der Waals surface area contributed by atoms with Gasteiger partial charge in [-0.15, -0.1) is 34.2 Å². The highest BCUT2D eigenvalue weighted by atomic mass is 127. The first kappa shape index (κ1) is 21.0. The van der Waals surface area contributed by atoms with Crippen LogP contribution < -0.4 is 20.1 Å². The van der Waals surface area contributed by atoms with Crippen LogP contribution in [0.5, 0.6) is 11.5 Å². The van der Waals surface area contributed by atoms with Crippen molar-refractivity contribution in [1.82, 2.24) is 25.4 Å². The van der Waals surface area contributed by atoms with Gasteiger partial charge in [0.15, 0.2) is 11.8 Å². The summed E-state index contributed by atoms with van der Waals surface area (Å²) in [6.07, 6.45) is 1.72. The maximum absolute atomic E-state index is 5.40. The summed E-state index contributed by atoms with van der Waals surface area (Å²) in [5.41, 5.74) is 1.01. The molecular formula is C16H25IN6O2. The number of rotatable bonds is 7. The van der Waals surface area contributed by atoms with Crippen molar-refractivity contribution in [3.05, 3.63) is 35.9 Å². The number of nitrogens with zero attached hydrogens (tertiary/aromatic N) is 4. The number of benzene rings is 1. The van der Waals surface area contributed by atoms with E-state index in [-0.39, 0.29) is 24.0 Å². The number of nitrogens with one attached hydrogen (secondary N) is 2. The molecule has 1 aromatic carbocycles. The Morgan fingerprint density at radius 2 is 1.96 bits per heavy atom. The number of aromatic nitrogens is 3. The molecule has 25 heavy (non-hydrogen) atoms. The van der Waals surface area contributed by atoms with E-state index >= 15 is 0 Å². The van der Waals surface area contributed by atoms with E-state index in [9.17, 15) is 0 Å². The molecule has 0 amide bonds. The van der Waals surface area contributed by atoms with Crippen LogP contribution in [-0.4, -0.2) is 42.0 Å². The molecule has 0 spiro atoms. The maximum Gasteiger partial charge on any atom is 0.191 e. The summed E-state index contributed by atoms with van der Waals surface area (Å²) in [5, 5.41) is 14.5. The van der Waals surface area contributed by atoms with Crippen molar-refractivity contribution in [2.75, 3.05) is 21.3 Å². The molecule has 138 valence electrons. The van der Waals surface area contributed by atoms with E-state index in [0.717, 1.165) is 29.4 Å². The summed E-state index contributed by atoms with van der Waals surface area (Å²) in [4.78, 5) is 4.22. The zero-order valence-electron chi connectivity index (χ0n) is 14.9. The molecule has 9 heteroatoms. The molecule has 0 atom stereocenters. The SMILES string of the molecule is CCn1cnnc1CNC(=NC)NCc1ccc(OC)cc1OC.I. The minimum atomic E-state index is 0. The van der Waals surface area contributed by atoms with Gasteiger partial charge in [0.05, 0.1) is 20.8 Å². The number of aliphatic imine (C=N–C) groups is 1. The van der Waals surface area contributed by atoms with E-state index in [2.05, 4.69) is 32.7 Å². The monoisotopic (exact) mass is 460 g/mol. The highest BCUT2D eigenvalue weighted by Crippen LogP contribution is 2.24. The highest BCUT2D eigenvalue weighted by molar-refractivity contribution is 14.0. The van der Waals surface area contributed by atoms with Crippen LogP contribution in [0.25, 0.3) is 0 Å². The summed E-state index contributed by atoms with van der Waals surface area (Å²) < 4.78 is 12.6. The largest absolute Gasteiger partial charge is 0.497 e. The van der Waals surface area contributed by atoms with E-state index in [1.54, 1.807) is 27.6 Å². The quantitative estimate of drug-likeness (QED) is 0.373. The molecule has 2 aromatic rings. The van der Waals surface area contributed by atoms with Gasteiger partial charge >= 0.3 is 0 Å². The number of hydrogen-bond donors (Lipinski definition) is 2. The Kier molecular flexibility index (Phi) is 9.03. The Bertz CT molecular complexity index is 689. The molecule has 8 nitrogen and oxygen atoms in total. The Hall–Kier alpha value is -2.04. The van der Waals surface area contributed by atoms with Crippen LogP contribution in [-0.2, 0) is 19.6 Å². The number of methoxy groups -OCH3 is 2. The number of hydrogen-bond acceptors (Lipinski definition) is 5. The van der Waals surface area contributed by atoms with Gasteiger partial charge in [-0.05, 0) is 19.1 Å². The van der Waals surface area contributed by atoms with Crippen LogP contribution in [0.2, 0.25) is 0 Å². The molecule has 0 radical (unpaired) electrons. The second-order valence-corrected chi connectivity index (χ2v) is 4.99. The molecule has 0 aliphatic rings. The molecule has 0 fully saturated rings. The van der Waals surface area contributed by atoms with Gasteiger partial charge in [0.1, 0.15) is 17.8 Å². The first-order valence-corrected chi connectivity index (χ1v) is 7.73. The third-order valence-corrected chi connectivity index (χ3v) is 3.61. The zero-order valence-corrected chi connectivity index (χ0v) is 17.3. The number of aryl methyl sites for hydroxylation is 1. The summed E-state index contributed by atoms with van der Waals surface area (Å²) in [6, 6.07) is 5.72. The van der Waals surface area contributed by atoms with Gasteiger partial charge < -0.3 is 24.7 Å². The van der Waals surface area contributed by atoms with Crippen LogP contribution in [0, 0.1) is 0 Å². The lowest BCUT2D eigenvalue weighted by Gasteiger charge is -2.14. The first-order valence-electron chi connectivity index (χ1n) is 7.73. The lowest BCUT2D eigenvalue weighted by atomic mass is 10.2. The molecule has 1 aromatic heterocycles. The van der Waals surface area contributed by atoms with Crippen LogP contribution in [0.1, 0.15) is 18.3 Å². The van der Waals surface area contributed by atoms with Gasteiger partial charge in [0.25, 0.3) is 0 Å². The molecule has 2 rings (SSSR count). The molecule has 0 unspecified atom stereocenters. The second-order valence-electron chi connectivity index (χ2n) is 4.99. The molecule has 0 aliphatic carbocycles. The van der Waals surface area contributed by atoms with Crippen molar-refractivity contribution >= 4 is 29.9 Å². The standard InChI is InChI=1S/C16H24N6O2.HI/c1-5-22-11-20-21-15(22)10-19-16(17-2)18-9-12-6-7-13(23-3)8-14(12)24-4;/h6-8,11H,5,9-10H2,1-4H3,(H2,17,18,19);1H. The van der Waals surface area contributed by atoms with E-state index in [1.165, 1.54) is 0 Å². The van der Waals surface area contributed by atoms with Crippen LogP contribution >= 0.6 is 24.0 Å². The van der Waals surface area contributed by atoms with Crippen molar-refractivity contribution in [1.29, 1.82) is 0 Å². The first-order chi connectivity index (χ1) is 11.7. The lowest BCUT2D eigenvalue weighted by molar-refractivity contribution is 0.390. The summed E-state index contributed by atoms with van der Waals surface area (Å²) in [6.45, 7) is 4.01.